The van der Waals surface area contributed by atoms with Crippen molar-refractivity contribution in [2.24, 2.45) is 0 Å². The van der Waals surface area contributed by atoms with Gasteiger partial charge in [-0.1, -0.05) is 17.3 Å². The molecule has 1 saturated heterocycles. The lowest BCUT2D eigenvalue weighted by molar-refractivity contribution is 0.308. The van der Waals surface area contributed by atoms with E-state index < -0.39 is 0 Å². The molecule has 1 aliphatic rings. The van der Waals surface area contributed by atoms with Crippen molar-refractivity contribution in [3.05, 3.63) is 59.0 Å². The number of aromatic nitrogens is 4. The van der Waals surface area contributed by atoms with Crippen molar-refractivity contribution < 1.29 is 4.52 Å². The van der Waals surface area contributed by atoms with Gasteiger partial charge < -0.3 is 4.52 Å². The highest BCUT2D eigenvalue weighted by molar-refractivity contribution is 5.36. The van der Waals surface area contributed by atoms with Crippen LogP contribution < -0.4 is 0 Å². The van der Waals surface area contributed by atoms with E-state index in [4.69, 9.17) is 4.52 Å². The zero-order chi connectivity index (χ0) is 17.4. The van der Waals surface area contributed by atoms with Crippen LogP contribution in [0.2, 0.25) is 0 Å². The molecule has 2 aromatic heterocycles. The molecule has 6 nitrogen and oxygen atoms in total. The van der Waals surface area contributed by atoms with Crippen molar-refractivity contribution in [1.29, 1.82) is 0 Å². The maximum atomic E-state index is 5.33. The Morgan fingerprint density at radius 1 is 1.16 bits per heavy atom. The van der Waals surface area contributed by atoms with Crippen LogP contribution in [0.15, 0.2) is 34.9 Å². The molecule has 1 aromatic carbocycles. The Bertz CT molecular complexity index is 864. The van der Waals surface area contributed by atoms with Crippen LogP contribution in [-0.2, 0) is 6.54 Å². The van der Waals surface area contributed by atoms with Crippen molar-refractivity contribution >= 4 is 0 Å². The van der Waals surface area contributed by atoms with E-state index in [0.717, 1.165) is 49.0 Å². The van der Waals surface area contributed by atoms with E-state index in [1.165, 1.54) is 5.56 Å². The summed E-state index contributed by atoms with van der Waals surface area (Å²) in [5.74, 6) is 1.85. The molecule has 0 amide bonds. The fourth-order valence-corrected chi connectivity index (χ4v) is 3.55. The van der Waals surface area contributed by atoms with Crippen LogP contribution in [0.1, 0.15) is 41.0 Å². The molecule has 1 atom stereocenters. The van der Waals surface area contributed by atoms with Crippen LogP contribution in [0.4, 0.5) is 0 Å². The van der Waals surface area contributed by atoms with Crippen LogP contribution in [-0.4, -0.2) is 37.9 Å². The predicted molar refractivity (Wildman–Crippen MR) is 94.7 cm³/mol. The van der Waals surface area contributed by atoms with Gasteiger partial charge in [-0.15, -0.1) is 0 Å². The highest BCUT2D eigenvalue weighted by atomic mass is 16.5. The highest BCUT2D eigenvalue weighted by Gasteiger charge is 2.27. The van der Waals surface area contributed by atoms with Crippen molar-refractivity contribution in [2.45, 2.75) is 39.7 Å². The molecule has 0 aliphatic carbocycles. The first kappa shape index (κ1) is 16.0. The molecule has 3 heterocycles. The van der Waals surface area contributed by atoms with Gasteiger partial charge in [0, 0.05) is 18.8 Å². The van der Waals surface area contributed by atoms with E-state index in [1.807, 2.05) is 18.5 Å². The molecule has 130 valence electrons. The molecule has 0 radical (unpaired) electrons. The molecule has 0 unspecified atom stereocenters. The summed E-state index contributed by atoms with van der Waals surface area (Å²) in [6, 6.07) is 10.8. The van der Waals surface area contributed by atoms with Gasteiger partial charge in [0.25, 0.3) is 0 Å². The zero-order valence-electron chi connectivity index (χ0n) is 14.9. The Hall–Kier alpha value is -2.47. The molecule has 6 heteroatoms. The lowest BCUT2D eigenvalue weighted by Crippen LogP contribution is -2.19. The molecule has 0 bridgehead atoms. The Kier molecular flexibility index (Phi) is 4.13. The van der Waals surface area contributed by atoms with E-state index in [-0.39, 0.29) is 0 Å². The smallest absolute Gasteiger partial charge is 0.231 e. The minimum Gasteiger partial charge on any atom is -0.339 e. The first-order chi connectivity index (χ1) is 12.1. The summed E-state index contributed by atoms with van der Waals surface area (Å²) in [4.78, 5) is 6.82. The van der Waals surface area contributed by atoms with Gasteiger partial charge in [0.05, 0.1) is 17.3 Å². The number of nitrogens with zero attached hydrogens (tertiary/aromatic N) is 5. The first-order valence-electron chi connectivity index (χ1n) is 8.73. The summed E-state index contributed by atoms with van der Waals surface area (Å²) in [5, 5.41) is 8.45. The third-order valence-corrected chi connectivity index (χ3v) is 4.76. The Morgan fingerprint density at radius 3 is 2.60 bits per heavy atom. The topological polar surface area (TPSA) is 60.0 Å². The SMILES string of the molecule is Cc1cc(C)n(-c2ccc(CN3CC[C@H](c4nc(C)no4)C3)cc2)n1. The summed E-state index contributed by atoms with van der Waals surface area (Å²) in [5.41, 5.74) is 4.62. The summed E-state index contributed by atoms with van der Waals surface area (Å²) in [6.45, 7) is 8.95. The first-order valence-corrected chi connectivity index (χ1v) is 8.73. The van der Waals surface area contributed by atoms with Crippen LogP contribution in [0.3, 0.4) is 0 Å². The molecular weight excluding hydrogens is 314 g/mol. The lowest BCUT2D eigenvalue weighted by Gasteiger charge is -2.15. The van der Waals surface area contributed by atoms with Gasteiger partial charge in [-0.25, -0.2) is 4.68 Å². The van der Waals surface area contributed by atoms with E-state index in [0.29, 0.717) is 11.7 Å². The summed E-state index contributed by atoms with van der Waals surface area (Å²) in [6.07, 6.45) is 1.07. The Balaban J connectivity index is 1.41. The molecule has 25 heavy (non-hydrogen) atoms. The number of rotatable bonds is 4. The van der Waals surface area contributed by atoms with Gasteiger partial charge in [0.1, 0.15) is 0 Å². The molecule has 3 aromatic rings. The molecule has 4 rings (SSSR count). The Labute approximate surface area is 147 Å². The highest BCUT2D eigenvalue weighted by Crippen LogP contribution is 2.27. The van der Waals surface area contributed by atoms with Gasteiger partial charge in [-0.2, -0.15) is 10.1 Å². The van der Waals surface area contributed by atoms with Gasteiger partial charge >= 0.3 is 0 Å². The molecule has 1 aliphatic heterocycles. The van der Waals surface area contributed by atoms with Crippen molar-refractivity contribution in [1.82, 2.24) is 24.8 Å². The van der Waals surface area contributed by atoms with Crippen LogP contribution in [0.25, 0.3) is 5.69 Å². The van der Waals surface area contributed by atoms with Crippen LogP contribution in [0.5, 0.6) is 0 Å². The van der Waals surface area contributed by atoms with Gasteiger partial charge in [0.15, 0.2) is 5.82 Å². The van der Waals surface area contributed by atoms with Crippen molar-refractivity contribution in [3.8, 4) is 5.69 Å². The molecule has 0 spiro atoms. The Morgan fingerprint density at radius 2 is 1.96 bits per heavy atom. The van der Waals surface area contributed by atoms with E-state index in [2.05, 4.69) is 57.4 Å². The van der Waals surface area contributed by atoms with Crippen molar-refractivity contribution in [3.63, 3.8) is 0 Å². The fourth-order valence-electron chi connectivity index (χ4n) is 3.55. The van der Waals surface area contributed by atoms with E-state index in [9.17, 15) is 0 Å². The third-order valence-electron chi connectivity index (χ3n) is 4.76. The maximum Gasteiger partial charge on any atom is 0.231 e. The summed E-state index contributed by atoms with van der Waals surface area (Å²) in [7, 11) is 0. The standard InChI is InChI=1S/C19H23N5O/c1-13-10-14(2)24(21-13)18-6-4-16(5-7-18)11-23-9-8-17(12-23)19-20-15(3)22-25-19/h4-7,10,17H,8-9,11-12H2,1-3H3/t17-/m0/s1. The molecule has 0 saturated carbocycles. The molecule has 0 N–H and O–H groups in total. The number of benzene rings is 1. The van der Waals surface area contributed by atoms with Crippen LogP contribution in [0, 0.1) is 20.8 Å². The number of aryl methyl sites for hydroxylation is 3. The zero-order valence-corrected chi connectivity index (χ0v) is 14.9. The van der Waals surface area contributed by atoms with Crippen LogP contribution >= 0.6 is 0 Å². The average molecular weight is 337 g/mol. The second-order valence-corrected chi connectivity index (χ2v) is 6.91. The summed E-state index contributed by atoms with van der Waals surface area (Å²) < 4.78 is 7.32. The molecule has 1 fully saturated rings. The number of likely N-dealkylation sites (tertiary alicyclic amines) is 1. The van der Waals surface area contributed by atoms with E-state index >= 15 is 0 Å². The molecular formula is C19H23N5O. The summed E-state index contributed by atoms with van der Waals surface area (Å²) >= 11 is 0. The van der Waals surface area contributed by atoms with Gasteiger partial charge in [-0.05, 0) is 57.5 Å². The normalized spacial score (nSPS) is 18.1. The number of hydrogen-bond acceptors (Lipinski definition) is 5. The third kappa shape index (κ3) is 3.35. The monoisotopic (exact) mass is 337 g/mol. The fraction of sp³-hybridized carbons (Fsp3) is 0.421. The van der Waals surface area contributed by atoms with Gasteiger partial charge in [-0.3, -0.25) is 4.90 Å². The predicted octanol–water partition coefficient (Wildman–Crippen LogP) is 3.17. The lowest BCUT2D eigenvalue weighted by atomic mass is 10.1. The minimum atomic E-state index is 0.357. The van der Waals surface area contributed by atoms with Crippen molar-refractivity contribution in [2.75, 3.05) is 13.1 Å². The maximum absolute atomic E-state index is 5.33. The quantitative estimate of drug-likeness (QED) is 0.732. The average Bonchev–Trinajstić information content (AvgIpc) is 3.29. The second-order valence-electron chi connectivity index (χ2n) is 6.91. The number of hydrogen-bond donors (Lipinski definition) is 0. The van der Waals surface area contributed by atoms with E-state index in [1.54, 1.807) is 0 Å². The largest absolute Gasteiger partial charge is 0.339 e. The van der Waals surface area contributed by atoms with Gasteiger partial charge in [0.2, 0.25) is 5.89 Å². The second kappa shape index (κ2) is 6.44. The minimum absolute atomic E-state index is 0.357.